The summed E-state index contributed by atoms with van der Waals surface area (Å²) in [5.74, 6) is 0.333. The molecular weight excluding hydrogens is 428 g/mol. The molecule has 0 aliphatic rings. The van der Waals surface area contributed by atoms with Crippen LogP contribution in [0, 0.1) is 0 Å². The van der Waals surface area contributed by atoms with E-state index >= 15 is 0 Å². The van der Waals surface area contributed by atoms with Crippen molar-refractivity contribution in [1.29, 1.82) is 0 Å². The second-order valence-electron chi connectivity index (χ2n) is 7.91. The monoisotopic (exact) mass is 454 g/mol. The van der Waals surface area contributed by atoms with Crippen LogP contribution in [0.1, 0.15) is 41.7 Å². The average molecular weight is 455 g/mol. The molecule has 1 heterocycles. The van der Waals surface area contributed by atoms with Gasteiger partial charge in [0.25, 0.3) is 5.91 Å². The maximum Gasteiger partial charge on any atom is 0.255 e. The number of amides is 2. The van der Waals surface area contributed by atoms with Crippen molar-refractivity contribution in [3.8, 4) is 11.4 Å². The van der Waals surface area contributed by atoms with Crippen molar-refractivity contribution in [3.63, 3.8) is 0 Å². The highest BCUT2D eigenvalue weighted by Crippen LogP contribution is 2.18. The molecule has 2 amide bonds. The average Bonchev–Trinajstić information content (AvgIpc) is 3.34. The van der Waals surface area contributed by atoms with Crippen molar-refractivity contribution >= 4 is 17.5 Å². The summed E-state index contributed by atoms with van der Waals surface area (Å²) in [6, 6.07) is 26.0. The fourth-order valence-electron chi connectivity index (χ4n) is 3.50. The van der Waals surface area contributed by atoms with E-state index in [1.807, 2.05) is 79.7 Å². The lowest BCUT2D eigenvalue weighted by Crippen LogP contribution is -2.26. The van der Waals surface area contributed by atoms with Crippen LogP contribution in [0.3, 0.4) is 0 Å². The largest absolute Gasteiger partial charge is 0.350 e. The number of carbonyl (C=O) groups is 2. The van der Waals surface area contributed by atoms with Gasteiger partial charge in [0.2, 0.25) is 11.7 Å². The topological polar surface area (TPSA) is 102 Å². The molecule has 1 unspecified atom stereocenters. The molecule has 34 heavy (non-hydrogen) atoms. The molecule has 2 N–H and O–H groups in total. The Kier molecular flexibility index (Phi) is 7.39. The Hall–Kier alpha value is -4.33. The minimum Gasteiger partial charge on any atom is -0.350 e. The van der Waals surface area contributed by atoms with Gasteiger partial charge in [-0.25, -0.2) is 0 Å². The number of hydrogen-bond acceptors (Lipinski definition) is 5. The molecule has 8 nitrogen and oxygen atoms in total. The molecule has 3 aromatic carbocycles. The van der Waals surface area contributed by atoms with Gasteiger partial charge in [-0.1, -0.05) is 60.7 Å². The second kappa shape index (κ2) is 11.0. The van der Waals surface area contributed by atoms with Crippen molar-refractivity contribution in [2.24, 2.45) is 0 Å². The first kappa shape index (κ1) is 22.8. The Labute approximate surface area is 198 Å². The molecule has 8 heteroatoms. The Bertz CT molecular complexity index is 1240. The number of aryl methyl sites for hydroxylation is 1. The SMILES string of the molecule is CC(NC(=O)CCCn1nnc(-c2ccccc2)n1)c1cccc(NC(=O)c2ccccc2)c1. The highest BCUT2D eigenvalue weighted by Gasteiger charge is 2.12. The zero-order valence-corrected chi connectivity index (χ0v) is 18.9. The summed E-state index contributed by atoms with van der Waals surface area (Å²) in [5.41, 5.74) is 3.08. The summed E-state index contributed by atoms with van der Waals surface area (Å²) < 4.78 is 0. The minimum absolute atomic E-state index is 0.0605. The number of nitrogens with zero attached hydrogens (tertiary/aromatic N) is 4. The van der Waals surface area contributed by atoms with Gasteiger partial charge in [0.05, 0.1) is 12.6 Å². The molecule has 1 atom stereocenters. The highest BCUT2D eigenvalue weighted by atomic mass is 16.2. The van der Waals surface area contributed by atoms with E-state index in [0.717, 1.165) is 11.1 Å². The van der Waals surface area contributed by atoms with E-state index in [1.54, 1.807) is 12.1 Å². The number of carbonyl (C=O) groups excluding carboxylic acids is 2. The van der Waals surface area contributed by atoms with Crippen LogP contribution in [0.2, 0.25) is 0 Å². The van der Waals surface area contributed by atoms with Crippen LogP contribution in [-0.4, -0.2) is 32.0 Å². The first-order valence-electron chi connectivity index (χ1n) is 11.2. The smallest absolute Gasteiger partial charge is 0.255 e. The minimum atomic E-state index is -0.199. The summed E-state index contributed by atoms with van der Waals surface area (Å²) in [4.78, 5) is 26.3. The number of anilines is 1. The number of tetrazole rings is 1. The van der Waals surface area contributed by atoms with Gasteiger partial charge >= 0.3 is 0 Å². The lowest BCUT2D eigenvalue weighted by molar-refractivity contribution is -0.121. The summed E-state index contributed by atoms with van der Waals surface area (Å²) in [7, 11) is 0. The zero-order valence-electron chi connectivity index (χ0n) is 18.9. The third-order valence-corrected chi connectivity index (χ3v) is 5.30. The van der Waals surface area contributed by atoms with Gasteiger partial charge in [0.1, 0.15) is 0 Å². The van der Waals surface area contributed by atoms with Crippen LogP contribution in [0.15, 0.2) is 84.9 Å². The zero-order chi connectivity index (χ0) is 23.8. The first-order valence-corrected chi connectivity index (χ1v) is 11.2. The molecule has 4 aromatic rings. The van der Waals surface area contributed by atoms with E-state index in [1.165, 1.54) is 4.80 Å². The highest BCUT2D eigenvalue weighted by molar-refractivity contribution is 6.04. The molecule has 4 rings (SSSR count). The van der Waals surface area contributed by atoms with Gasteiger partial charge in [-0.15, -0.1) is 10.2 Å². The first-order chi connectivity index (χ1) is 16.6. The Morgan fingerprint density at radius 2 is 1.68 bits per heavy atom. The van der Waals surface area contributed by atoms with E-state index < -0.39 is 0 Å². The number of hydrogen-bond donors (Lipinski definition) is 2. The van der Waals surface area contributed by atoms with Gasteiger partial charge in [-0.3, -0.25) is 9.59 Å². The standard InChI is InChI=1S/C26H26N6O2/c1-19(22-14-8-15-23(18-22)28-26(34)21-12-6-3-7-13-21)27-24(33)16-9-17-32-30-25(29-31-32)20-10-4-2-5-11-20/h2-8,10-15,18-19H,9,16-17H2,1H3,(H,27,33)(H,28,34). The van der Waals surface area contributed by atoms with Crippen LogP contribution in [0.4, 0.5) is 5.69 Å². The predicted molar refractivity (Wildman–Crippen MR) is 130 cm³/mol. The summed E-state index contributed by atoms with van der Waals surface area (Å²) in [6.45, 7) is 2.42. The molecule has 0 fully saturated rings. The third-order valence-electron chi connectivity index (χ3n) is 5.30. The lowest BCUT2D eigenvalue weighted by Gasteiger charge is -2.16. The normalized spacial score (nSPS) is 11.6. The molecule has 0 aliphatic carbocycles. The summed E-state index contributed by atoms with van der Waals surface area (Å²) in [6.07, 6.45) is 0.938. The Morgan fingerprint density at radius 3 is 2.44 bits per heavy atom. The third kappa shape index (κ3) is 6.13. The lowest BCUT2D eigenvalue weighted by atomic mass is 10.1. The van der Waals surface area contributed by atoms with Crippen LogP contribution < -0.4 is 10.6 Å². The van der Waals surface area contributed by atoms with Gasteiger partial charge < -0.3 is 10.6 Å². The van der Waals surface area contributed by atoms with Gasteiger partial charge in [-0.05, 0) is 48.4 Å². The summed E-state index contributed by atoms with van der Waals surface area (Å²) in [5, 5.41) is 18.4. The molecule has 0 radical (unpaired) electrons. The Morgan fingerprint density at radius 1 is 0.941 bits per heavy atom. The molecule has 0 aliphatic heterocycles. The number of nitrogens with one attached hydrogen (secondary N) is 2. The van der Waals surface area contributed by atoms with Crippen molar-refractivity contribution in [3.05, 3.63) is 96.1 Å². The van der Waals surface area contributed by atoms with E-state index in [0.29, 0.717) is 36.5 Å². The fourth-order valence-corrected chi connectivity index (χ4v) is 3.50. The number of benzene rings is 3. The molecule has 172 valence electrons. The van der Waals surface area contributed by atoms with Crippen LogP contribution in [0.5, 0.6) is 0 Å². The summed E-state index contributed by atoms with van der Waals surface area (Å²) >= 11 is 0. The second-order valence-corrected chi connectivity index (χ2v) is 7.91. The van der Waals surface area contributed by atoms with Crippen LogP contribution in [-0.2, 0) is 11.3 Å². The number of aromatic nitrogens is 4. The maximum absolute atomic E-state index is 12.4. The molecule has 0 saturated carbocycles. The fraction of sp³-hybridized carbons (Fsp3) is 0.192. The maximum atomic E-state index is 12.4. The molecule has 0 saturated heterocycles. The van der Waals surface area contributed by atoms with Crippen LogP contribution in [0.25, 0.3) is 11.4 Å². The Balaban J connectivity index is 1.25. The van der Waals surface area contributed by atoms with Gasteiger partial charge in [0, 0.05) is 23.2 Å². The van der Waals surface area contributed by atoms with Crippen molar-refractivity contribution in [2.45, 2.75) is 32.4 Å². The van der Waals surface area contributed by atoms with E-state index in [4.69, 9.17) is 0 Å². The molecule has 0 bridgehead atoms. The van der Waals surface area contributed by atoms with E-state index in [9.17, 15) is 9.59 Å². The van der Waals surface area contributed by atoms with E-state index in [-0.39, 0.29) is 17.9 Å². The predicted octanol–water partition coefficient (Wildman–Crippen LogP) is 4.25. The van der Waals surface area contributed by atoms with Crippen molar-refractivity contribution in [2.75, 3.05) is 5.32 Å². The molecule has 0 spiro atoms. The van der Waals surface area contributed by atoms with Crippen molar-refractivity contribution < 1.29 is 9.59 Å². The quantitative estimate of drug-likeness (QED) is 0.394. The van der Waals surface area contributed by atoms with Crippen LogP contribution >= 0.6 is 0 Å². The number of rotatable bonds is 9. The van der Waals surface area contributed by atoms with Gasteiger partial charge in [-0.2, -0.15) is 4.80 Å². The van der Waals surface area contributed by atoms with Crippen molar-refractivity contribution in [1.82, 2.24) is 25.5 Å². The van der Waals surface area contributed by atoms with Gasteiger partial charge in [0.15, 0.2) is 0 Å². The molecule has 1 aromatic heterocycles. The van der Waals surface area contributed by atoms with E-state index in [2.05, 4.69) is 26.0 Å². The molecular formula is C26H26N6O2.